The molecule has 1 aliphatic rings. The van der Waals surface area contributed by atoms with Crippen LogP contribution in [-0.4, -0.2) is 55.0 Å². The number of hydrogen-bond donors (Lipinski definition) is 3. The van der Waals surface area contributed by atoms with Gasteiger partial charge in [-0.05, 0) is 44.5 Å². The molecule has 0 bridgehead atoms. The highest BCUT2D eigenvalue weighted by Gasteiger charge is 2.21. The van der Waals surface area contributed by atoms with Crippen LogP contribution in [-0.2, 0) is 4.74 Å². The maximum Gasteiger partial charge on any atom is 0.268 e. The summed E-state index contributed by atoms with van der Waals surface area (Å²) in [6.45, 7) is 2.41. The number of carbonyl (C=O) groups is 1. The van der Waals surface area contributed by atoms with E-state index in [0.717, 1.165) is 25.9 Å². The van der Waals surface area contributed by atoms with E-state index in [2.05, 4.69) is 15.2 Å². The highest BCUT2D eigenvalue weighted by atomic mass is 16.5. The van der Waals surface area contributed by atoms with E-state index in [9.17, 15) is 4.79 Å². The molecule has 1 aromatic rings. The summed E-state index contributed by atoms with van der Waals surface area (Å²) >= 11 is 0. The van der Waals surface area contributed by atoms with Crippen molar-refractivity contribution in [3.63, 3.8) is 0 Å². The molecule has 118 valence electrons. The van der Waals surface area contributed by atoms with Crippen LogP contribution in [0.4, 0.5) is 0 Å². The smallest absolute Gasteiger partial charge is 0.268 e. The van der Waals surface area contributed by atoms with Crippen molar-refractivity contribution in [3.8, 4) is 0 Å². The zero-order valence-electron chi connectivity index (χ0n) is 12.5. The first-order valence-electron chi connectivity index (χ1n) is 7.54. The zero-order valence-corrected chi connectivity index (χ0v) is 12.5. The van der Waals surface area contributed by atoms with E-state index in [1.54, 1.807) is 7.11 Å². The first-order chi connectivity index (χ1) is 10.3. The number of rotatable bonds is 7. The van der Waals surface area contributed by atoms with E-state index in [-0.39, 0.29) is 18.6 Å². The molecule has 1 atom stereocenters. The van der Waals surface area contributed by atoms with Crippen molar-refractivity contribution in [1.82, 2.24) is 15.2 Å². The summed E-state index contributed by atoms with van der Waals surface area (Å²) in [7, 11) is 1.59. The Morgan fingerprint density at radius 3 is 3.00 bits per heavy atom. The van der Waals surface area contributed by atoms with E-state index in [1.165, 1.54) is 0 Å². The Bertz CT molecular complexity index is 435. The second-order valence-electron chi connectivity index (χ2n) is 5.42. The summed E-state index contributed by atoms with van der Waals surface area (Å²) < 4.78 is 7.15. The topological polar surface area (TPSA) is 75.5 Å². The van der Waals surface area contributed by atoms with Gasteiger partial charge in [0.05, 0.1) is 12.6 Å². The van der Waals surface area contributed by atoms with Crippen LogP contribution in [0.5, 0.6) is 0 Å². The molecule has 21 heavy (non-hydrogen) atoms. The van der Waals surface area contributed by atoms with Gasteiger partial charge in [0.15, 0.2) is 0 Å². The lowest BCUT2D eigenvalue weighted by Crippen LogP contribution is -2.40. The van der Waals surface area contributed by atoms with E-state index in [0.29, 0.717) is 24.8 Å². The third kappa shape index (κ3) is 4.30. The molecule has 1 fully saturated rings. The Balaban J connectivity index is 2.03. The highest BCUT2D eigenvalue weighted by molar-refractivity contribution is 5.93. The van der Waals surface area contributed by atoms with Crippen LogP contribution in [0, 0.1) is 0 Å². The van der Waals surface area contributed by atoms with Gasteiger partial charge in [0.25, 0.3) is 5.91 Å². The molecule has 6 nitrogen and oxygen atoms in total. The summed E-state index contributed by atoms with van der Waals surface area (Å²) in [5.74, 6) is -0.103. The number of nitrogens with zero attached hydrogens (tertiary/aromatic N) is 1. The molecule has 0 aromatic carbocycles. The van der Waals surface area contributed by atoms with Crippen molar-refractivity contribution in [2.75, 3.05) is 33.4 Å². The summed E-state index contributed by atoms with van der Waals surface area (Å²) in [6.07, 6.45) is 4.54. The van der Waals surface area contributed by atoms with Crippen LogP contribution in [0.1, 0.15) is 35.8 Å². The number of piperidine rings is 1. The monoisotopic (exact) mass is 295 g/mol. The lowest BCUT2D eigenvalue weighted by atomic mass is 10.1. The molecular weight excluding hydrogens is 270 g/mol. The molecule has 2 rings (SSSR count). The molecule has 0 spiro atoms. The van der Waals surface area contributed by atoms with Gasteiger partial charge in [0.2, 0.25) is 0 Å². The number of ether oxygens (including phenoxy) is 1. The van der Waals surface area contributed by atoms with Gasteiger partial charge in [-0.2, -0.15) is 0 Å². The Morgan fingerprint density at radius 1 is 1.57 bits per heavy atom. The van der Waals surface area contributed by atoms with Crippen LogP contribution in [0.15, 0.2) is 18.3 Å². The number of aromatic nitrogens is 1. The standard InChI is InChI=1S/C15H25N3O3/c1-21-11-12(6-10-19)17-15(20)14-3-2-9-18(14)13-4-7-16-8-5-13/h2-3,9,12-13,16,19H,4-8,10-11H2,1H3,(H,17,20). The number of carbonyl (C=O) groups excluding carboxylic acids is 1. The molecule has 6 heteroatoms. The van der Waals surface area contributed by atoms with E-state index >= 15 is 0 Å². The largest absolute Gasteiger partial charge is 0.396 e. The van der Waals surface area contributed by atoms with Gasteiger partial charge in [0, 0.05) is 26.0 Å². The van der Waals surface area contributed by atoms with Gasteiger partial charge in [-0.15, -0.1) is 0 Å². The average molecular weight is 295 g/mol. The number of hydrogen-bond acceptors (Lipinski definition) is 4. The third-order valence-electron chi connectivity index (χ3n) is 3.89. The number of methoxy groups -OCH3 is 1. The lowest BCUT2D eigenvalue weighted by Gasteiger charge is -2.26. The quantitative estimate of drug-likeness (QED) is 0.686. The highest BCUT2D eigenvalue weighted by Crippen LogP contribution is 2.21. The van der Waals surface area contributed by atoms with E-state index in [1.807, 2.05) is 18.3 Å². The Kier molecular flexibility index (Phi) is 6.22. The third-order valence-corrected chi connectivity index (χ3v) is 3.89. The Labute approximate surface area is 125 Å². The van der Waals surface area contributed by atoms with Gasteiger partial charge in [0.1, 0.15) is 5.69 Å². The molecular formula is C15H25N3O3. The van der Waals surface area contributed by atoms with Crippen molar-refractivity contribution >= 4 is 5.91 Å². The fourth-order valence-corrected chi connectivity index (χ4v) is 2.80. The first kappa shape index (κ1) is 16.0. The molecule has 1 saturated heterocycles. The molecule has 1 aliphatic heterocycles. The molecule has 1 aromatic heterocycles. The van der Waals surface area contributed by atoms with Crippen LogP contribution < -0.4 is 10.6 Å². The van der Waals surface area contributed by atoms with E-state index in [4.69, 9.17) is 9.84 Å². The van der Waals surface area contributed by atoms with Gasteiger partial charge < -0.3 is 25.0 Å². The van der Waals surface area contributed by atoms with Crippen LogP contribution in [0.2, 0.25) is 0 Å². The molecule has 2 heterocycles. The number of aliphatic hydroxyl groups is 1. The first-order valence-corrected chi connectivity index (χ1v) is 7.54. The van der Waals surface area contributed by atoms with Crippen molar-refractivity contribution in [3.05, 3.63) is 24.0 Å². The number of nitrogens with one attached hydrogen (secondary N) is 2. The second-order valence-corrected chi connectivity index (χ2v) is 5.42. The molecule has 1 unspecified atom stereocenters. The number of aliphatic hydroxyl groups excluding tert-OH is 1. The zero-order chi connectivity index (χ0) is 15.1. The molecule has 0 saturated carbocycles. The maximum atomic E-state index is 12.4. The summed E-state index contributed by atoms with van der Waals surface area (Å²) in [5, 5.41) is 15.3. The average Bonchev–Trinajstić information content (AvgIpc) is 2.98. The normalized spacial score (nSPS) is 17.6. The fourth-order valence-electron chi connectivity index (χ4n) is 2.80. The predicted octanol–water partition coefficient (Wildman–Crippen LogP) is 0.540. The SMILES string of the molecule is COCC(CCO)NC(=O)c1cccn1C1CCNCC1. The minimum atomic E-state index is -0.163. The number of amides is 1. The maximum absolute atomic E-state index is 12.4. The minimum Gasteiger partial charge on any atom is -0.396 e. The van der Waals surface area contributed by atoms with Crippen LogP contribution in [0.3, 0.4) is 0 Å². The van der Waals surface area contributed by atoms with Crippen LogP contribution >= 0.6 is 0 Å². The van der Waals surface area contributed by atoms with Gasteiger partial charge >= 0.3 is 0 Å². The Morgan fingerprint density at radius 2 is 2.33 bits per heavy atom. The van der Waals surface area contributed by atoms with Gasteiger partial charge in [-0.25, -0.2) is 0 Å². The molecule has 3 N–H and O–H groups in total. The second kappa shape index (κ2) is 8.17. The summed E-state index contributed by atoms with van der Waals surface area (Å²) in [6, 6.07) is 3.97. The van der Waals surface area contributed by atoms with Crippen molar-refractivity contribution in [2.24, 2.45) is 0 Å². The fraction of sp³-hybridized carbons (Fsp3) is 0.667. The lowest BCUT2D eigenvalue weighted by molar-refractivity contribution is 0.0866. The summed E-state index contributed by atoms with van der Waals surface area (Å²) in [4.78, 5) is 12.4. The van der Waals surface area contributed by atoms with Crippen molar-refractivity contribution < 1.29 is 14.6 Å². The molecule has 0 radical (unpaired) electrons. The van der Waals surface area contributed by atoms with Gasteiger partial charge in [-0.3, -0.25) is 4.79 Å². The van der Waals surface area contributed by atoms with Crippen molar-refractivity contribution in [1.29, 1.82) is 0 Å². The van der Waals surface area contributed by atoms with Crippen molar-refractivity contribution in [2.45, 2.75) is 31.3 Å². The van der Waals surface area contributed by atoms with Crippen LogP contribution in [0.25, 0.3) is 0 Å². The predicted molar refractivity (Wildman–Crippen MR) is 80.4 cm³/mol. The Hall–Kier alpha value is -1.37. The summed E-state index contributed by atoms with van der Waals surface area (Å²) in [5.41, 5.74) is 0.681. The van der Waals surface area contributed by atoms with Gasteiger partial charge in [-0.1, -0.05) is 0 Å². The minimum absolute atomic E-state index is 0.0314. The molecule has 1 amide bonds. The van der Waals surface area contributed by atoms with E-state index < -0.39 is 0 Å². The molecule has 0 aliphatic carbocycles.